The van der Waals surface area contributed by atoms with Gasteiger partial charge in [0.15, 0.2) is 0 Å². The van der Waals surface area contributed by atoms with E-state index in [1.165, 1.54) is 0 Å². The van der Waals surface area contributed by atoms with Crippen molar-refractivity contribution in [3.63, 3.8) is 0 Å². The molecule has 2 fully saturated rings. The van der Waals surface area contributed by atoms with Gasteiger partial charge in [-0.25, -0.2) is 0 Å². The molecule has 9 nitrogen and oxygen atoms in total. The number of hydrogen-bond donors (Lipinski definition) is 4. The number of nitrogens with zero attached hydrogens (tertiary/aromatic N) is 3. The number of benzene rings is 1. The number of primary amides is 1. The molecule has 1 saturated heterocycles. The third-order valence-corrected chi connectivity index (χ3v) is 10.0. The van der Waals surface area contributed by atoms with Crippen LogP contribution in [0.2, 0.25) is 0 Å². The standard InChI is InChI=1S/C28H37BN4O5P/c1-31(2)21-14(12-33-7-5-6-8-33)11-17(34)19-15(21)9-13-10-16-22(32(3)4)24(36)20(27(30)38)25(29)28(16,39)26(37)18(13)23(19)35/h11,13,16,22,34-36H,5-10,12,39H2,1-4H3,(H2,30,38)/t13-,16-,22-,28+/m0/s1. The van der Waals surface area contributed by atoms with Crippen molar-refractivity contribution in [1.82, 2.24) is 9.80 Å². The quantitative estimate of drug-likeness (QED) is 0.318. The minimum absolute atomic E-state index is 0.0666. The van der Waals surface area contributed by atoms with E-state index in [-0.39, 0.29) is 45.4 Å². The van der Waals surface area contributed by atoms with Crippen molar-refractivity contribution in [2.45, 2.75) is 43.4 Å². The summed E-state index contributed by atoms with van der Waals surface area (Å²) in [5.41, 5.74) is 8.39. The number of phenols is 1. The van der Waals surface area contributed by atoms with Gasteiger partial charge in [0.2, 0.25) is 0 Å². The van der Waals surface area contributed by atoms with Crippen LogP contribution >= 0.6 is 9.24 Å². The molecule has 5 atom stereocenters. The van der Waals surface area contributed by atoms with E-state index >= 15 is 0 Å². The number of rotatable bonds is 5. The fraction of sp³-hybridized carbons (Fsp3) is 0.536. The van der Waals surface area contributed by atoms with Gasteiger partial charge in [-0.2, -0.15) is 0 Å². The van der Waals surface area contributed by atoms with Crippen molar-refractivity contribution in [3.8, 4) is 5.75 Å². The van der Waals surface area contributed by atoms with Gasteiger partial charge in [0.1, 0.15) is 0 Å². The van der Waals surface area contributed by atoms with E-state index in [1.807, 2.05) is 19.0 Å². The van der Waals surface area contributed by atoms with Crippen molar-refractivity contribution in [2.24, 2.45) is 17.6 Å². The Kier molecular flexibility index (Phi) is 6.97. The van der Waals surface area contributed by atoms with Crippen LogP contribution in [0.3, 0.4) is 0 Å². The summed E-state index contributed by atoms with van der Waals surface area (Å²) in [7, 11) is 16.4. The molecule has 1 heterocycles. The Labute approximate surface area is 232 Å². The summed E-state index contributed by atoms with van der Waals surface area (Å²) in [6.07, 6.45) is 3.14. The SMILES string of the molecule is [B]=C1C(C(N)=O)=C(O)[C@@H](N(C)C)[C@@H]2C[C@@H]3Cc4c(c(O)cc(CN5CCCC5)c4N(C)C)C(O)=C3C(=O)[C@]12P. The molecular formula is C28H37BN4O5P. The first-order chi connectivity index (χ1) is 18.3. The predicted octanol–water partition coefficient (Wildman–Crippen LogP) is 1.28. The van der Waals surface area contributed by atoms with Crippen LogP contribution in [0.4, 0.5) is 5.69 Å². The van der Waals surface area contributed by atoms with E-state index in [1.54, 1.807) is 25.1 Å². The Balaban J connectivity index is 1.68. The number of fused-ring (bicyclic) bond motifs is 3. The maximum atomic E-state index is 14.3. The van der Waals surface area contributed by atoms with E-state index in [4.69, 9.17) is 13.2 Å². The van der Waals surface area contributed by atoms with Crippen molar-refractivity contribution in [3.05, 3.63) is 39.7 Å². The third-order valence-electron chi connectivity index (χ3n) is 9.03. The number of carbonyl (C=O) groups excluding carboxylic acids is 2. The predicted molar refractivity (Wildman–Crippen MR) is 156 cm³/mol. The Morgan fingerprint density at radius 2 is 1.85 bits per heavy atom. The zero-order valence-corrected chi connectivity index (χ0v) is 24.1. The van der Waals surface area contributed by atoms with Crippen LogP contribution < -0.4 is 10.6 Å². The summed E-state index contributed by atoms with van der Waals surface area (Å²) < 4.78 is 0. The minimum atomic E-state index is -1.46. The molecule has 5 N–H and O–H groups in total. The van der Waals surface area contributed by atoms with Gasteiger partial charge < -0.3 is 0 Å². The van der Waals surface area contributed by atoms with Crippen molar-refractivity contribution in [1.29, 1.82) is 0 Å². The fourth-order valence-electron chi connectivity index (χ4n) is 7.40. The Bertz CT molecular complexity index is 1350. The Morgan fingerprint density at radius 1 is 1.21 bits per heavy atom. The topological polar surface area (TPSA) is 131 Å². The molecule has 5 rings (SSSR count). The van der Waals surface area contributed by atoms with Crippen LogP contribution in [-0.2, 0) is 22.6 Å². The van der Waals surface area contributed by atoms with E-state index in [2.05, 4.69) is 14.1 Å². The molecule has 0 spiro atoms. The second-order valence-corrected chi connectivity index (χ2v) is 12.7. The summed E-state index contributed by atoms with van der Waals surface area (Å²) in [4.78, 5) is 32.8. The van der Waals surface area contributed by atoms with Crippen LogP contribution in [0.5, 0.6) is 5.75 Å². The Morgan fingerprint density at radius 3 is 2.41 bits per heavy atom. The molecule has 207 valence electrons. The number of allylic oxidation sites excluding steroid dienone is 1. The number of aliphatic hydroxyl groups is 2. The van der Waals surface area contributed by atoms with Gasteiger partial charge >= 0.3 is 220 Å². The number of phenolic OH excluding ortho intramolecular Hbond substituents is 1. The third kappa shape index (κ3) is 4.06. The van der Waals surface area contributed by atoms with Crippen molar-refractivity contribution in [2.75, 3.05) is 46.2 Å². The summed E-state index contributed by atoms with van der Waals surface area (Å²) in [6, 6.07) is 1.01. The maximum absolute atomic E-state index is 14.3. The summed E-state index contributed by atoms with van der Waals surface area (Å²) in [5.74, 6) is -2.80. The molecule has 0 bridgehead atoms. The average molecular weight is 551 g/mol. The number of likely N-dealkylation sites (tertiary alicyclic amines) is 1. The molecule has 4 aliphatic rings. The molecule has 1 aliphatic heterocycles. The number of aromatic hydroxyl groups is 1. The van der Waals surface area contributed by atoms with Gasteiger partial charge in [-0.3, -0.25) is 0 Å². The van der Waals surface area contributed by atoms with Crippen LogP contribution in [0, 0.1) is 11.8 Å². The van der Waals surface area contributed by atoms with Crippen LogP contribution in [-0.4, -0.2) is 102 Å². The number of amides is 1. The van der Waals surface area contributed by atoms with E-state index in [0.29, 0.717) is 19.4 Å². The van der Waals surface area contributed by atoms with Crippen molar-refractivity contribution < 1.29 is 24.9 Å². The molecule has 1 saturated carbocycles. The molecule has 39 heavy (non-hydrogen) atoms. The molecule has 1 unspecified atom stereocenters. The first kappa shape index (κ1) is 27.9. The second-order valence-electron chi connectivity index (χ2n) is 11.8. The monoisotopic (exact) mass is 551 g/mol. The zero-order chi connectivity index (χ0) is 28.5. The molecule has 1 radical (unpaired) electrons. The molecule has 1 aromatic carbocycles. The number of likely N-dealkylation sites (N-methyl/N-ethyl adjacent to an activating group) is 1. The number of nitrogens with two attached hydrogens (primary N) is 1. The zero-order valence-electron chi connectivity index (χ0n) is 23.0. The van der Waals surface area contributed by atoms with E-state index in [0.717, 1.165) is 42.7 Å². The molecule has 0 aromatic heterocycles. The molecular weight excluding hydrogens is 514 g/mol. The van der Waals surface area contributed by atoms with Crippen LogP contribution in [0.1, 0.15) is 36.0 Å². The van der Waals surface area contributed by atoms with E-state index < -0.39 is 28.8 Å². The average Bonchev–Trinajstić information content (AvgIpc) is 3.33. The van der Waals surface area contributed by atoms with Gasteiger partial charge in [-0.1, -0.05) is 0 Å². The summed E-state index contributed by atoms with van der Waals surface area (Å²) in [6.45, 7) is 2.70. The molecule has 11 heteroatoms. The summed E-state index contributed by atoms with van der Waals surface area (Å²) in [5, 5.41) is 32.5. The van der Waals surface area contributed by atoms with Crippen molar-refractivity contribution >= 4 is 45.3 Å². The van der Waals surface area contributed by atoms with Gasteiger partial charge in [0.05, 0.1) is 0 Å². The number of Topliss-reactive ketones (excluding diaryl/α,β-unsaturated/α-hetero) is 1. The van der Waals surface area contributed by atoms with Gasteiger partial charge in [0.25, 0.3) is 0 Å². The number of hydrogen-bond acceptors (Lipinski definition) is 8. The molecule has 3 aliphatic carbocycles. The van der Waals surface area contributed by atoms with E-state index in [9.17, 15) is 24.9 Å². The first-order valence-electron chi connectivity index (χ1n) is 13.4. The second kappa shape index (κ2) is 9.75. The van der Waals surface area contributed by atoms with Gasteiger partial charge in [-0.05, 0) is 12.8 Å². The fourth-order valence-corrected chi connectivity index (χ4v) is 8.01. The number of carbonyl (C=O) groups is 2. The van der Waals surface area contributed by atoms with Crippen LogP contribution in [0.25, 0.3) is 5.76 Å². The molecule has 1 amide bonds. The molecule has 1 aromatic rings. The number of anilines is 1. The Hall–Kier alpha value is -2.68. The number of aliphatic hydroxyl groups excluding tert-OH is 2. The van der Waals surface area contributed by atoms with Gasteiger partial charge in [-0.15, -0.1) is 0 Å². The normalized spacial score (nSPS) is 29.0. The van der Waals surface area contributed by atoms with Gasteiger partial charge in [0, 0.05) is 0 Å². The number of ketones is 1. The van der Waals surface area contributed by atoms with Crippen LogP contribution in [0.15, 0.2) is 23.0 Å². The summed E-state index contributed by atoms with van der Waals surface area (Å²) >= 11 is 0. The first-order valence-corrected chi connectivity index (χ1v) is 14.0.